The van der Waals surface area contributed by atoms with Gasteiger partial charge in [0.05, 0.1) is 6.61 Å². The predicted molar refractivity (Wildman–Crippen MR) is 76.9 cm³/mol. The Balaban J connectivity index is 2.55. The van der Waals surface area contributed by atoms with Crippen molar-refractivity contribution in [1.29, 1.82) is 0 Å². The summed E-state index contributed by atoms with van der Waals surface area (Å²) >= 11 is -0.170. The minimum absolute atomic E-state index is 0.109. The van der Waals surface area contributed by atoms with Crippen LogP contribution in [-0.2, 0) is 9.53 Å². The van der Waals surface area contributed by atoms with Crippen molar-refractivity contribution in [3.05, 3.63) is 35.9 Å². The van der Waals surface area contributed by atoms with Gasteiger partial charge >= 0.3 is 5.51 Å². The number of ether oxygens (including phenoxy) is 1. The SMILES string of the molecule is COCC(C)NC(=O)/C=C/c1ccc(SC(F)(F)F)cc1. The Kier molecular flexibility index (Phi) is 6.77. The summed E-state index contributed by atoms with van der Waals surface area (Å²) in [6, 6.07) is 5.66. The molecular weight excluding hydrogens is 303 g/mol. The van der Waals surface area contributed by atoms with E-state index in [4.69, 9.17) is 4.74 Å². The van der Waals surface area contributed by atoms with Crippen LogP contribution in [0, 0.1) is 0 Å². The molecule has 0 heterocycles. The molecule has 0 bridgehead atoms. The third-order valence-corrected chi connectivity index (χ3v) is 3.09. The maximum absolute atomic E-state index is 12.2. The molecule has 0 aliphatic rings. The van der Waals surface area contributed by atoms with Crippen molar-refractivity contribution in [2.24, 2.45) is 0 Å². The second-order valence-electron chi connectivity index (χ2n) is 4.32. The molecule has 3 nitrogen and oxygen atoms in total. The Hall–Kier alpha value is -1.47. The molecule has 1 N–H and O–H groups in total. The molecule has 1 atom stereocenters. The number of benzene rings is 1. The molecule has 0 spiro atoms. The number of thioether (sulfide) groups is 1. The molecule has 21 heavy (non-hydrogen) atoms. The topological polar surface area (TPSA) is 38.3 Å². The van der Waals surface area contributed by atoms with Crippen LogP contribution in [0.25, 0.3) is 6.08 Å². The number of nitrogens with one attached hydrogen (secondary N) is 1. The fraction of sp³-hybridized carbons (Fsp3) is 0.357. The van der Waals surface area contributed by atoms with Gasteiger partial charge in [-0.25, -0.2) is 0 Å². The van der Waals surface area contributed by atoms with Crippen LogP contribution >= 0.6 is 11.8 Å². The van der Waals surface area contributed by atoms with E-state index in [1.54, 1.807) is 14.0 Å². The summed E-state index contributed by atoms with van der Waals surface area (Å²) in [5.74, 6) is -0.284. The summed E-state index contributed by atoms with van der Waals surface area (Å²) in [5, 5.41) is 2.69. The maximum Gasteiger partial charge on any atom is 0.446 e. The van der Waals surface area contributed by atoms with Crippen molar-refractivity contribution in [2.45, 2.75) is 23.4 Å². The number of carbonyl (C=O) groups excluding carboxylic acids is 1. The summed E-state index contributed by atoms with van der Waals surface area (Å²) in [6.45, 7) is 2.21. The van der Waals surface area contributed by atoms with Crippen molar-refractivity contribution < 1.29 is 22.7 Å². The number of methoxy groups -OCH3 is 1. The minimum atomic E-state index is -4.30. The van der Waals surface area contributed by atoms with Crippen molar-refractivity contribution in [3.8, 4) is 0 Å². The standard InChI is InChI=1S/C14H16F3NO2S/c1-10(9-20-2)18-13(19)8-5-11-3-6-12(7-4-11)21-14(15,16)17/h3-8,10H,9H2,1-2H3,(H,18,19)/b8-5+. The molecule has 1 aromatic rings. The minimum Gasteiger partial charge on any atom is -0.383 e. The molecule has 1 aromatic carbocycles. The number of hydrogen-bond acceptors (Lipinski definition) is 3. The van der Waals surface area contributed by atoms with Crippen LogP contribution in [0.5, 0.6) is 0 Å². The van der Waals surface area contributed by atoms with Crippen LogP contribution in [0.1, 0.15) is 12.5 Å². The van der Waals surface area contributed by atoms with Crippen LogP contribution in [0.4, 0.5) is 13.2 Å². The number of alkyl halides is 3. The fourth-order valence-electron chi connectivity index (χ4n) is 1.54. The van der Waals surface area contributed by atoms with E-state index in [1.165, 1.54) is 36.4 Å². The number of carbonyl (C=O) groups is 1. The van der Waals surface area contributed by atoms with E-state index >= 15 is 0 Å². The van der Waals surface area contributed by atoms with Crippen molar-refractivity contribution in [2.75, 3.05) is 13.7 Å². The third-order valence-electron chi connectivity index (χ3n) is 2.35. The molecule has 116 valence electrons. The zero-order valence-electron chi connectivity index (χ0n) is 11.6. The first-order chi connectivity index (χ1) is 9.80. The molecule has 7 heteroatoms. The van der Waals surface area contributed by atoms with E-state index in [0.717, 1.165) is 0 Å². The van der Waals surface area contributed by atoms with Gasteiger partial charge in [-0.1, -0.05) is 12.1 Å². The van der Waals surface area contributed by atoms with Crippen molar-refractivity contribution >= 4 is 23.7 Å². The molecule has 0 fully saturated rings. The number of hydrogen-bond donors (Lipinski definition) is 1. The number of amides is 1. The van der Waals surface area contributed by atoms with Gasteiger partial charge in [0.15, 0.2) is 0 Å². The summed E-state index contributed by atoms with van der Waals surface area (Å²) < 4.78 is 41.4. The van der Waals surface area contributed by atoms with Crippen LogP contribution in [0.15, 0.2) is 35.2 Å². The zero-order valence-corrected chi connectivity index (χ0v) is 12.4. The Bertz CT molecular complexity index is 486. The molecular formula is C14H16F3NO2S. The van der Waals surface area contributed by atoms with Crippen molar-refractivity contribution in [1.82, 2.24) is 5.32 Å². The second-order valence-corrected chi connectivity index (χ2v) is 5.45. The molecule has 0 aliphatic carbocycles. The highest BCUT2D eigenvalue weighted by molar-refractivity contribution is 8.00. The normalized spacial score (nSPS) is 13.4. The molecule has 1 amide bonds. The second kappa shape index (κ2) is 8.09. The van der Waals surface area contributed by atoms with Gasteiger partial charge in [0.2, 0.25) is 5.91 Å². The lowest BCUT2D eigenvalue weighted by atomic mass is 10.2. The van der Waals surface area contributed by atoms with E-state index in [-0.39, 0.29) is 28.6 Å². The van der Waals surface area contributed by atoms with Gasteiger partial charge in [-0.2, -0.15) is 13.2 Å². The maximum atomic E-state index is 12.2. The summed E-state index contributed by atoms with van der Waals surface area (Å²) in [7, 11) is 1.54. The average Bonchev–Trinajstić information content (AvgIpc) is 2.36. The van der Waals surface area contributed by atoms with Gasteiger partial charge in [0.1, 0.15) is 0 Å². The Morgan fingerprint density at radius 3 is 2.52 bits per heavy atom. The van der Waals surface area contributed by atoms with E-state index in [1.807, 2.05) is 0 Å². The van der Waals surface area contributed by atoms with E-state index in [0.29, 0.717) is 12.2 Å². The summed E-state index contributed by atoms with van der Waals surface area (Å²) in [4.78, 5) is 11.7. The third kappa shape index (κ3) is 7.77. The lowest BCUT2D eigenvalue weighted by Gasteiger charge is -2.10. The van der Waals surface area contributed by atoms with Gasteiger partial charge in [0.25, 0.3) is 0 Å². The molecule has 1 unspecified atom stereocenters. The zero-order chi connectivity index (χ0) is 15.9. The smallest absolute Gasteiger partial charge is 0.383 e. The van der Waals surface area contributed by atoms with Gasteiger partial charge in [-0.05, 0) is 42.5 Å². The fourth-order valence-corrected chi connectivity index (χ4v) is 2.07. The van der Waals surface area contributed by atoms with Gasteiger partial charge < -0.3 is 10.1 Å². The largest absolute Gasteiger partial charge is 0.446 e. The van der Waals surface area contributed by atoms with E-state index < -0.39 is 5.51 Å². The molecule has 0 aliphatic heterocycles. The highest BCUT2D eigenvalue weighted by Crippen LogP contribution is 2.36. The lowest BCUT2D eigenvalue weighted by molar-refractivity contribution is -0.117. The Morgan fingerprint density at radius 2 is 2.00 bits per heavy atom. The van der Waals surface area contributed by atoms with Crippen LogP contribution in [0.2, 0.25) is 0 Å². The van der Waals surface area contributed by atoms with Crippen LogP contribution < -0.4 is 5.32 Å². The van der Waals surface area contributed by atoms with E-state index in [2.05, 4.69) is 5.32 Å². The molecule has 1 rings (SSSR count). The van der Waals surface area contributed by atoms with Gasteiger partial charge in [-0.15, -0.1) is 0 Å². The highest BCUT2D eigenvalue weighted by atomic mass is 32.2. The average molecular weight is 319 g/mol. The first kappa shape index (κ1) is 17.6. The first-order valence-corrected chi connectivity index (χ1v) is 6.95. The van der Waals surface area contributed by atoms with Crippen LogP contribution in [-0.4, -0.2) is 31.2 Å². The predicted octanol–water partition coefficient (Wildman–Crippen LogP) is 3.46. The first-order valence-electron chi connectivity index (χ1n) is 6.13. The monoisotopic (exact) mass is 319 g/mol. The molecule has 0 saturated heterocycles. The van der Waals surface area contributed by atoms with Gasteiger partial charge in [0, 0.05) is 24.1 Å². The Labute approximate surface area is 125 Å². The van der Waals surface area contributed by atoms with Gasteiger partial charge in [-0.3, -0.25) is 4.79 Å². The highest BCUT2D eigenvalue weighted by Gasteiger charge is 2.28. The number of rotatable bonds is 6. The van der Waals surface area contributed by atoms with E-state index in [9.17, 15) is 18.0 Å². The summed E-state index contributed by atoms with van der Waals surface area (Å²) in [6.07, 6.45) is 2.87. The quantitative estimate of drug-likeness (QED) is 0.644. The lowest BCUT2D eigenvalue weighted by Crippen LogP contribution is -2.34. The van der Waals surface area contributed by atoms with Crippen molar-refractivity contribution in [3.63, 3.8) is 0 Å². The van der Waals surface area contributed by atoms with Crippen LogP contribution in [0.3, 0.4) is 0 Å². The Morgan fingerprint density at radius 1 is 1.38 bits per heavy atom. The molecule has 0 saturated carbocycles. The molecule has 0 radical (unpaired) electrons. The summed E-state index contributed by atoms with van der Waals surface area (Å²) in [5.41, 5.74) is -3.65. The molecule has 0 aromatic heterocycles. The number of halogens is 3.